The summed E-state index contributed by atoms with van der Waals surface area (Å²) in [7, 11) is 1.56. The Morgan fingerprint density at radius 3 is 2.48 bits per heavy atom. The molecule has 0 unspecified atom stereocenters. The number of hydrogen-bond donors (Lipinski definition) is 0. The van der Waals surface area contributed by atoms with E-state index in [2.05, 4.69) is 4.98 Å². The number of carbonyl (C=O) groups is 2. The van der Waals surface area contributed by atoms with Crippen LogP contribution in [0.15, 0.2) is 18.2 Å². The molecule has 0 radical (unpaired) electrons. The number of hydrogen-bond acceptors (Lipinski definition) is 5. The molecule has 0 spiro atoms. The fourth-order valence-corrected chi connectivity index (χ4v) is 1.89. The molecule has 6 nitrogen and oxygen atoms in total. The molecule has 1 heterocycles. The molecule has 1 rings (SSSR count). The molecule has 6 heteroatoms. The molecular formula is C17H26N2O4. The van der Waals surface area contributed by atoms with Gasteiger partial charge in [-0.25, -0.2) is 4.79 Å². The predicted molar refractivity (Wildman–Crippen MR) is 87.6 cm³/mol. The molecule has 128 valence electrons. The van der Waals surface area contributed by atoms with E-state index in [0.717, 1.165) is 5.69 Å². The van der Waals surface area contributed by atoms with Gasteiger partial charge in [0.25, 0.3) is 0 Å². The molecule has 0 aliphatic heterocycles. The van der Waals surface area contributed by atoms with E-state index in [-0.39, 0.29) is 18.7 Å². The van der Waals surface area contributed by atoms with Gasteiger partial charge in [-0.3, -0.25) is 9.78 Å². The first kappa shape index (κ1) is 19.1. The summed E-state index contributed by atoms with van der Waals surface area (Å²) in [6, 6.07) is 5.32. The van der Waals surface area contributed by atoms with Crippen LogP contribution in [0.4, 0.5) is 4.79 Å². The molecule has 0 saturated heterocycles. The van der Waals surface area contributed by atoms with Gasteiger partial charge in [0.05, 0.1) is 6.61 Å². The Morgan fingerprint density at radius 2 is 1.91 bits per heavy atom. The zero-order valence-corrected chi connectivity index (χ0v) is 14.6. The molecular weight excluding hydrogens is 296 g/mol. The number of amides is 1. The minimum Gasteiger partial charge on any atom is -0.444 e. The van der Waals surface area contributed by atoms with E-state index >= 15 is 0 Å². The monoisotopic (exact) mass is 322 g/mol. The highest BCUT2D eigenvalue weighted by atomic mass is 16.6. The number of ketones is 1. The molecule has 1 aromatic rings. The summed E-state index contributed by atoms with van der Waals surface area (Å²) in [6.45, 7) is 8.29. The van der Waals surface area contributed by atoms with E-state index in [9.17, 15) is 9.59 Å². The van der Waals surface area contributed by atoms with Crippen molar-refractivity contribution in [1.29, 1.82) is 0 Å². The summed E-state index contributed by atoms with van der Waals surface area (Å²) in [5.41, 5.74) is 0.630. The normalized spacial score (nSPS) is 11.2. The van der Waals surface area contributed by atoms with Gasteiger partial charge in [-0.1, -0.05) is 6.07 Å². The zero-order chi connectivity index (χ0) is 17.5. The van der Waals surface area contributed by atoms with Gasteiger partial charge in [-0.05, 0) is 39.8 Å². The van der Waals surface area contributed by atoms with Crippen LogP contribution in [-0.4, -0.2) is 54.2 Å². The van der Waals surface area contributed by atoms with Crippen LogP contribution in [0.5, 0.6) is 0 Å². The third-order valence-corrected chi connectivity index (χ3v) is 3.00. The maximum atomic E-state index is 12.2. The standard InChI is InChI=1S/C17H26N2O4/c1-13-7-6-8-14(18-13)15(20)9-10-19(11-12-22-5)16(21)23-17(2,3)4/h6-8H,9-12H2,1-5H3. The third-order valence-electron chi connectivity index (χ3n) is 3.00. The predicted octanol–water partition coefficient (Wildman–Crippen LogP) is 2.85. The lowest BCUT2D eigenvalue weighted by Gasteiger charge is -2.27. The quantitative estimate of drug-likeness (QED) is 0.722. The lowest BCUT2D eigenvalue weighted by molar-refractivity contribution is 0.0202. The van der Waals surface area contributed by atoms with Crippen LogP contribution in [0.2, 0.25) is 0 Å². The van der Waals surface area contributed by atoms with E-state index in [1.165, 1.54) is 4.90 Å². The Balaban J connectivity index is 2.66. The van der Waals surface area contributed by atoms with E-state index in [1.807, 2.05) is 13.0 Å². The minimum absolute atomic E-state index is 0.0975. The topological polar surface area (TPSA) is 68.7 Å². The van der Waals surface area contributed by atoms with Crippen LogP contribution in [0.25, 0.3) is 0 Å². The Bertz CT molecular complexity index is 538. The van der Waals surface area contributed by atoms with Crippen LogP contribution in [0.3, 0.4) is 0 Å². The number of rotatable bonds is 7. The third kappa shape index (κ3) is 7.23. The second-order valence-corrected chi connectivity index (χ2v) is 6.30. The number of nitrogens with zero attached hydrogens (tertiary/aromatic N) is 2. The largest absolute Gasteiger partial charge is 0.444 e. The van der Waals surface area contributed by atoms with E-state index in [1.54, 1.807) is 40.0 Å². The second-order valence-electron chi connectivity index (χ2n) is 6.30. The summed E-state index contributed by atoms with van der Waals surface area (Å²) in [4.78, 5) is 30.1. The maximum Gasteiger partial charge on any atom is 0.410 e. The van der Waals surface area contributed by atoms with Crippen molar-refractivity contribution in [3.63, 3.8) is 0 Å². The highest BCUT2D eigenvalue weighted by Crippen LogP contribution is 2.11. The number of ether oxygens (including phenoxy) is 2. The van der Waals surface area contributed by atoms with Crippen LogP contribution < -0.4 is 0 Å². The summed E-state index contributed by atoms with van der Waals surface area (Å²) < 4.78 is 10.4. The molecule has 1 amide bonds. The first-order chi connectivity index (χ1) is 10.7. The summed E-state index contributed by atoms with van der Waals surface area (Å²) >= 11 is 0. The summed E-state index contributed by atoms with van der Waals surface area (Å²) in [6.07, 6.45) is -0.251. The van der Waals surface area contributed by atoms with Gasteiger partial charge >= 0.3 is 6.09 Å². The summed E-state index contributed by atoms with van der Waals surface area (Å²) in [5, 5.41) is 0. The van der Waals surface area contributed by atoms with Crippen LogP contribution in [-0.2, 0) is 9.47 Å². The van der Waals surface area contributed by atoms with E-state index in [0.29, 0.717) is 18.8 Å². The second kappa shape index (κ2) is 8.62. The minimum atomic E-state index is -0.579. The molecule has 0 fully saturated rings. The highest BCUT2D eigenvalue weighted by molar-refractivity contribution is 5.94. The lowest BCUT2D eigenvalue weighted by atomic mass is 10.2. The molecule has 0 bridgehead atoms. The highest BCUT2D eigenvalue weighted by Gasteiger charge is 2.22. The fraction of sp³-hybridized carbons (Fsp3) is 0.588. The SMILES string of the molecule is COCCN(CCC(=O)c1cccc(C)n1)C(=O)OC(C)(C)C. The van der Waals surface area contributed by atoms with Crippen LogP contribution >= 0.6 is 0 Å². The van der Waals surface area contributed by atoms with Crippen molar-refractivity contribution in [2.75, 3.05) is 26.8 Å². The Hall–Kier alpha value is -1.95. The number of aromatic nitrogens is 1. The van der Waals surface area contributed by atoms with Crippen molar-refractivity contribution in [2.24, 2.45) is 0 Å². The molecule has 0 aliphatic rings. The molecule has 0 aliphatic carbocycles. The first-order valence-corrected chi connectivity index (χ1v) is 7.66. The zero-order valence-electron chi connectivity index (χ0n) is 14.6. The van der Waals surface area contributed by atoms with E-state index in [4.69, 9.17) is 9.47 Å². The van der Waals surface area contributed by atoms with Crippen molar-refractivity contribution >= 4 is 11.9 Å². The first-order valence-electron chi connectivity index (χ1n) is 7.66. The van der Waals surface area contributed by atoms with Gasteiger partial charge in [-0.15, -0.1) is 0 Å². The van der Waals surface area contributed by atoms with Crippen molar-refractivity contribution < 1.29 is 19.1 Å². The van der Waals surface area contributed by atoms with Crippen LogP contribution in [0.1, 0.15) is 43.4 Å². The lowest BCUT2D eigenvalue weighted by Crippen LogP contribution is -2.39. The number of carbonyl (C=O) groups excluding carboxylic acids is 2. The number of aryl methyl sites for hydroxylation is 1. The number of Topliss-reactive ketones (excluding diaryl/α,β-unsaturated/α-hetero) is 1. The Kier molecular flexibility index (Phi) is 7.16. The van der Waals surface area contributed by atoms with Crippen molar-refractivity contribution in [1.82, 2.24) is 9.88 Å². The molecule has 0 aromatic carbocycles. The molecule has 0 N–H and O–H groups in total. The van der Waals surface area contributed by atoms with Gasteiger partial charge < -0.3 is 14.4 Å². The average Bonchev–Trinajstić information content (AvgIpc) is 2.45. The maximum absolute atomic E-state index is 12.2. The van der Waals surface area contributed by atoms with Crippen molar-refractivity contribution in [3.05, 3.63) is 29.6 Å². The average molecular weight is 322 g/mol. The van der Waals surface area contributed by atoms with Gasteiger partial charge in [-0.2, -0.15) is 0 Å². The molecule has 1 aromatic heterocycles. The van der Waals surface area contributed by atoms with E-state index < -0.39 is 11.7 Å². The Morgan fingerprint density at radius 1 is 1.22 bits per heavy atom. The van der Waals surface area contributed by atoms with Gasteiger partial charge in [0, 0.05) is 32.3 Å². The summed E-state index contributed by atoms with van der Waals surface area (Å²) in [5.74, 6) is -0.0975. The van der Waals surface area contributed by atoms with Crippen LogP contribution in [0, 0.1) is 6.92 Å². The molecule has 0 saturated carbocycles. The van der Waals surface area contributed by atoms with Crippen molar-refractivity contribution in [2.45, 2.75) is 39.7 Å². The van der Waals surface area contributed by atoms with Crippen molar-refractivity contribution in [3.8, 4) is 0 Å². The fourth-order valence-electron chi connectivity index (χ4n) is 1.89. The number of methoxy groups -OCH3 is 1. The Labute approximate surface area is 137 Å². The molecule has 0 atom stereocenters. The van der Waals surface area contributed by atoms with Gasteiger partial charge in [0.15, 0.2) is 5.78 Å². The number of pyridine rings is 1. The van der Waals surface area contributed by atoms with Gasteiger partial charge in [0.2, 0.25) is 0 Å². The van der Waals surface area contributed by atoms with Gasteiger partial charge in [0.1, 0.15) is 11.3 Å². The molecule has 23 heavy (non-hydrogen) atoms. The smallest absolute Gasteiger partial charge is 0.410 e.